The van der Waals surface area contributed by atoms with Crippen molar-refractivity contribution in [2.75, 3.05) is 6.79 Å². The van der Waals surface area contributed by atoms with Gasteiger partial charge in [-0.1, -0.05) is 31.6 Å². The van der Waals surface area contributed by atoms with E-state index in [4.69, 9.17) is 14.2 Å². The second-order valence-electron chi connectivity index (χ2n) is 7.64. The summed E-state index contributed by atoms with van der Waals surface area (Å²) in [6.07, 6.45) is 4.70. The molecule has 2 atom stereocenters. The fourth-order valence-corrected chi connectivity index (χ4v) is 3.54. The highest BCUT2D eigenvalue weighted by Gasteiger charge is 2.61. The molecule has 1 aliphatic heterocycles. The quantitative estimate of drug-likeness (QED) is 0.567. The lowest BCUT2D eigenvalue weighted by molar-refractivity contribution is -0.147. The van der Waals surface area contributed by atoms with E-state index in [1.165, 1.54) is 5.57 Å². The summed E-state index contributed by atoms with van der Waals surface area (Å²) in [6.45, 7) is 12.6. The van der Waals surface area contributed by atoms with Gasteiger partial charge >= 0.3 is 5.97 Å². The zero-order valence-electron chi connectivity index (χ0n) is 15.4. The van der Waals surface area contributed by atoms with Gasteiger partial charge in [0.05, 0.1) is 5.92 Å². The smallest absolute Gasteiger partial charge is 0.310 e. The van der Waals surface area contributed by atoms with Gasteiger partial charge < -0.3 is 14.2 Å². The summed E-state index contributed by atoms with van der Waals surface area (Å²) in [5, 5.41) is 0. The van der Waals surface area contributed by atoms with Gasteiger partial charge in [0.1, 0.15) is 6.61 Å². The Morgan fingerprint density at radius 3 is 2.52 bits per heavy atom. The van der Waals surface area contributed by atoms with E-state index in [0.717, 1.165) is 16.9 Å². The van der Waals surface area contributed by atoms with E-state index in [-0.39, 0.29) is 36.6 Å². The Hall–Kier alpha value is -2.23. The molecule has 0 unspecified atom stereocenters. The molecule has 0 aromatic heterocycles. The summed E-state index contributed by atoms with van der Waals surface area (Å²) in [6, 6.07) is 3.85. The number of hydrogen-bond donors (Lipinski definition) is 0. The van der Waals surface area contributed by atoms with E-state index in [2.05, 4.69) is 40.3 Å². The molecule has 4 nitrogen and oxygen atoms in total. The van der Waals surface area contributed by atoms with Crippen LogP contribution in [0.5, 0.6) is 11.5 Å². The van der Waals surface area contributed by atoms with Gasteiger partial charge in [0.15, 0.2) is 11.5 Å². The van der Waals surface area contributed by atoms with Crippen molar-refractivity contribution in [1.29, 1.82) is 0 Å². The van der Waals surface area contributed by atoms with Crippen molar-refractivity contribution in [3.8, 4) is 11.5 Å². The molecule has 1 aromatic carbocycles. The Bertz CT molecular complexity index is 726. The van der Waals surface area contributed by atoms with Crippen LogP contribution in [-0.4, -0.2) is 12.8 Å². The number of rotatable bonds is 6. The highest BCUT2D eigenvalue weighted by molar-refractivity contribution is 5.78. The lowest BCUT2D eigenvalue weighted by Crippen LogP contribution is -2.11. The Kier molecular flexibility index (Phi) is 4.63. The molecule has 0 N–H and O–H groups in total. The Labute approximate surface area is 149 Å². The molecule has 1 fully saturated rings. The molecular weight excluding hydrogens is 316 g/mol. The summed E-state index contributed by atoms with van der Waals surface area (Å²) < 4.78 is 16.5. The molecule has 1 saturated carbocycles. The van der Waals surface area contributed by atoms with Crippen molar-refractivity contribution in [2.45, 2.75) is 40.7 Å². The fraction of sp³-hybridized carbons (Fsp3) is 0.476. The maximum Gasteiger partial charge on any atom is 0.310 e. The lowest BCUT2D eigenvalue weighted by Gasteiger charge is -2.11. The molecule has 0 amide bonds. The zero-order valence-corrected chi connectivity index (χ0v) is 15.4. The topological polar surface area (TPSA) is 44.8 Å². The van der Waals surface area contributed by atoms with Crippen LogP contribution in [0.2, 0.25) is 0 Å². The van der Waals surface area contributed by atoms with Crippen LogP contribution < -0.4 is 9.47 Å². The van der Waals surface area contributed by atoms with Crippen LogP contribution in [0, 0.1) is 17.3 Å². The van der Waals surface area contributed by atoms with Gasteiger partial charge in [0.25, 0.3) is 0 Å². The van der Waals surface area contributed by atoms with Crippen LogP contribution >= 0.6 is 0 Å². The first-order chi connectivity index (χ1) is 11.8. The van der Waals surface area contributed by atoms with E-state index in [1.54, 1.807) is 0 Å². The number of ether oxygens (including phenoxy) is 3. The van der Waals surface area contributed by atoms with Crippen molar-refractivity contribution in [3.05, 3.63) is 47.6 Å². The predicted octanol–water partition coefficient (Wildman–Crippen LogP) is 4.43. The van der Waals surface area contributed by atoms with Crippen LogP contribution in [-0.2, 0) is 22.6 Å². The third-order valence-electron chi connectivity index (χ3n) is 5.11. The molecule has 0 saturated heterocycles. The summed E-state index contributed by atoms with van der Waals surface area (Å²) >= 11 is 0. The minimum absolute atomic E-state index is 0.0345. The van der Waals surface area contributed by atoms with Crippen LogP contribution in [0.15, 0.2) is 36.4 Å². The van der Waals surface area contributed by atoms with Crippen LogP contribution in [0.25, 0.3) is 0 Å². The molecule has 1 aliphatic carbocycles. The van der Waals surface area contributed by atoms with Crippen LogP contribution in [0.4, 0.5) is 0 Å². The highest BCUT2D eigenvalue weighted by atomic mass is 16.7. The molecule has 1 heterocycles. The van der Waals surface area contributed by atoms with Crippen molar-refractivity contribution >= 4 is 5.97 Å². The fourth-order valence-electron chi connectivity index (χ4n) is 3.54. The van der Waals surface area contributed by atoms with E-state index in [9.17, 15) is 4.79 Å². The normalized spacial score (nSPS) is 22.2. The number of hydrogen-bond acceptors (Lipinski definition) is 4. The van der Waals surface area contributed by atoms with E-state index in [1.807, 2.05) is 18.2 Å². The molecule has 3 rings (SSSR count). The SMILES string of the molecule is C=CCc1cc2c(cc1COC(=O)[C@@H]1[C@H](C=C(C)C)C1(C)C)OCO2. The molecule has 134 valence electrons. The van der Waals surface area contributed by atoms with E-state index >= 15 is 0 Å². The molecule has 4 heteroatoms. The minimum atomic E-state index is -0.130. The predicted molar refractivity (Wildman–Crippen MR) is 96.5 cm³/mol. The van der Waals surface area contributed by atoms with Crippen LogP contribution in [0.1, 0.15) is 38.8 Å². The van der Waals surface area contributed by atoms with Crippen molar-refractivity contribution in [1.82, 2.24) is 0 Å². The maximum absolute atomic E-state index is 12.6. The Balaban J connectivity index is 1.70. The Morgan fingerprint density at radius 2 is 1.92 bits per heavy atom. The largest absolute Gasteiger partial charge is 0.461 e. The molecule has 0 radical (unpaired) electrons. The first-order valence-corrected chi connectivity index (χ1v) is 8.68. The molecule has 0 bridgehead atoms. The summed E-state index contributed by atoms with van der Waals surface area (Å²) in [5.41, 5.74) is 3.18. The average molecular weight is 342 g/mol. The van der Waals surface area contributed by atoms with Gasteiger partial charge in [-0.15, -0.1) is 6.58 Å². The van der Waals surface area contributed by atoms with Gasteiger partial charge in [-0.3, -0.25) is 4.79 Å². The lowest BCUT2D eigenvalue weighted by atomic mass is 10.0. The number of fused-ring (bicyclic) bond motifs is 1. The van der Waals surface area contributed by atoms with Crippen molar-refractivity contribution in [2.24, 2.45) is 17.3 Å². The second kappa shape index (κ2) is 6.58. The highest BCUT2D eigenvalue weighted by Crippen LogP contribution is 2.59. The monoisotopic (exact) mass is 342 g/mol. The zero-order chi connectivity index (χ0) is 18.2. The summed E-state index contributed by atoms with van der Waals surface area (Å²) in [5.74, 6) is 1.50. The first-order valence-electron chi connectivity index (χ1n) is 8.68. The van der Waals surface area contributed by atoms with Gasteiger partial charge in [-0.2, -0.15) is 0 Å². The minimum Gasteiger partial charge on any atom is -0.461 e. The van der Waals surface area contributed by atoms with E-state index < -0.39 is 0 Å². The average Bonchev–Trinajstić information content (AvgIpc) is 2.88. The molecular formula is C21H26O4. The van der Waals surface area contributed by atoms with Gasteiger partial charge in [-0.05, 0) is 54.9 Å². The number of carbonyl (C=O) groups excluding carboxylic acids is 1. The standard InChI is InChI=1S/C21H26O4/c1-6-7-14-9-17-18(25-12-24-17)10-15(14)11-23-20(22)19-16(8-13(2)3)21(19,4)5/h6,8-10,16,19H,1,7,11-12H2,2-5H3/t16-,19-/m0/s1. The number of allylic oxidation sites excluding steroid dienone is 3. The van der Waals surface area contributed by atoms with Gasteiger partial charge in [0.2, 0.25) is 6.79 Å². The van der Waals surface area contributed by atoms with Crippen molar-refractivity contribution in [3.63, 3.8) is 0 Å². The van der Waals surface area contributed by atoms with Gasteiger partial charge in [0, 0.05) is 0 Å². The first kappa shape index (κ1) is 17.6. The molecule has 25 heavy (non-hydrogen) atoms. The number of carbonyl (C=O) groups is 1. The summed E-state index contributed by atoms with van der Waals surface area (Å²) in [7, 11) is 0. The van der Waals surface area contributed by atoms with Gasteiger partial charge in [-0.25, -0.2) is 0 Å². The summed E-state index contributed by atoms with van der Waals surface area (Å²) in [4.78, 5) is 12.6. The third kappa shape index (κ3) is 3.44. The third-order valence-corrected chi connectivity index (χ3v) is 5.11. The maximum atomic E-state index is 12.6. The molecule has 2 aliphatic rings. The Morgan fingerprint density at radius 1 is 1.28 bits per heavy atom. The van der Waals surface area contributed by atoms with Crippen LogP contribution in [0.3, 0.4) is 0 Å². The number of esters is 1. The van der Waals surface area contributed by atoms with E-state index in [0.29, 0.717) is 12.2 Å². The number of benzene rings is 1. The second-order valence-corrected chi connectivity index (χ2v) is 7.64. The molecule has 1 aromatic rings. The van der Waals surface area contributed by atoms with Crippen molar-refractivity contribution < 1.29 is 19.0 Å². The molecule has 0 spiro atoms.